The van der Waals surface area contributed by atoms with Crippen LogP contribution in [0.25, 0.3) is 0 Å². The van der Waals surface area contributed by atoms with E-state index in [1.165, 1.54) is 0 Å². The molecule has 94 valence electrons. The normalized spacial score (nSPS) is 25.8. The number of hydrogen-bond donors (Lipinski definition) is 0. The van der Waals surface area contributed by atoms with Gasteiger partial charge in [0.15, 0.2) is 0 Å². The van der Waals surface area contributed by atoms with Crippen molar-refractivity contribution in [1.82, 2.24) is 4.90 Å². The molecule has 0 radical (unpaired) electrons. The van der Waals surface area contributed by atoms with E-state index < -0.39 is 0 Å². The van der Waals surface area contributed by atoms with Crippen molar-refractivity contribution in [3.8, 4) is 0 Å². The molecule has 1 unspecified atom stereocenters. The molecule has 1 aromatic heterocycles. The summed E-state index contributed by atoms with van der Waals surface area (Å²) < 4.78 is 5.57. The summed E-state index contributed by atoms with van der Waals surface area (Å²) in [6.45, 7) is 4.12. The van der Waals surface area contributed by atoms with Crippen molar-refractivity contribution in [2.45, 2.75) is 25.9 Å². The van der Waals surface area contributed by atoms with E-state index in [1.807, 2.05) is 17.5 Å². The number of likely N-dealkylation sites (N-methyl/N-ethyl adjacent to an activating group) is 1. The van der Waals surface area contributed by atoms with E-state index in [0.717, 1.165) is 24.4 Å². The zero-order valence-electron chi connectivity index (χ0n) is 10.4. The summed E-state index contributed by atoms with van der Waals surface area (Å²) in [5.74, 6) is 0.373. The number of rotatable bonds is 3. The monoisotopic (exact) mass is 253 g/mol. The quantitative estimate of drug-likeness (QED) is 0.773. The van der Waals surface area contributed by atoms with Crippen LogP contribution in [0.15, 0.2) is 17.5 Å². The van der Waals surface area contributed by atoms with Gasteiger partial charge in [0.2, 0.25) is 0 Å². The Hall–Kier alpha value is -0.870. The molecule has 2 rings (SSSR count). The summed E-state index contributed by atoms with van der Waals surface area (Å²) in [6, 6.07) is 3.94. The lowest BCUT2D eigenvalue weighted by Gasteiger charge is -2.34. The largest absolute Gasteiger partial charge is 0.460 e. The first-order chi connectivity index (χ1) is 8.15. The van der Waals surface area contributed by atoms with Crippen molar-refractivity contribution < 1.29 is 9.53 Å². The fourth-order valence-electron chi connectivity index (χ4n) is 2.11. The Morgan fingerprint density at radius 2 is 2.47 bits per heavy atom. The summed E-state index contributed by atoms with van der Waals surface area (Å²) in [4.78, 5) is 15.1. The second-order valence-corrected chi connectivity index (χ2v) is 5.84. The van der Waals surface area contributed by atoms with Gasteiger partial charge >= 0.3 is 5.97 Å². The van der Waals surface area contributed by atoms with Gasteiger partial charge in [0.1, 0.15) is 6.10 Å². The summed E-state index contributed by atoms with van der Waals surface area (Å²) >= 11 is 1.60. The van der Waals surface area contributed by atoms with Crippen LogP contribution in [0.3, 0.4) is 0 Å². The Kier molecular flexibility index (Phi) is 4.18. The third-order valence-electron chi connectivity index (χ3n) is 3.27. The van der Waals surface area contributed by atoms with E-state index in [1.54, 1.807) is 11.3 Å². The summed E-state index contributed by atoms with van der Waals surface area (Å²) in [5.41, 5.74) is 0. The molecule has 0 N–H and O–H groups in total. The van der Waals surface area contributed by atoms with Crippen LogP contribution in [0.1, 0.15) is 18.2 Å². The predicted octanol–water partition coefficient (Wildman–Crippen LogP) is 2.17. The first-order valence-corrected chi connectivity index (χ1v) is 6.93. The molecule has 1 aliphatic rings. The van der Waals surface area contributed by atoms with Gasteiger partial charge in [0, 0.05) is 11.4 Å². The van der Waals surface area contributed by atoms with E-state index in [-0.39, 0.29) is 12.1 Å². The molecule has 2 heterocycles. The summed E-state index contributed by atoms with van der Waals surface area (Å²) in [7, 11) is 2.08. The van der Waals surface area contributed by atoms with Crippen LogP contribution in [0.4, 0.5) is 0 Å². The van der Waals surface area contributed by atoms with Crippen LogP contribution in [0, 0.1) is 5.92 Å². The molecule has 0 spiro atoms. The Morgan fingerprint density at radius 1 is 1.65 bits per heavy atom. The average molecular weight is 253 g/mol. The maximum Gasteiger partial charge on any atom is 0.311 e. The third-order valence-corrected chi connectivity index (χ3v) is 4.15. The van der Waals surface area contributed by atoms with Gasteiger partial charge in [-0.3, -0.25) is 4.79 Å². The SMILES string of the molecule is CC1CCN(C)C[C@@H]1OC(=O)Cc1cccs1. The Bertz CT molecular complexity index is 364. The van der Waals surface area contributed by atoms with Crippen molar-refractivity contribution in [2.24, 2.45) is 5.92 Å². The van der Waals surface area contributed by atoms with Gasteiger partial charge in [-0.05, 0) is 37.4 Å². The molecular weight excluding hydrogens is 234 g/mol. The lowest BCUT2D eigenvalue weighted by atomic mass is 9.96. The number of hydrogen-bond acceptors (Lipinski definition) is 4. The summed E-state index contributed by atoms with van der Waals surface area (Å²) in [6.07, 6.45) is 1.57. The predicted molar refractivity (Wildman–Crippen MR) is 69.2 cm³/mol. The molecule has 0 amide bonds. The number of nitrogens with zero attached hydrogens (tertiary/aromatic N) is 1. The number of carbonyl (C=O) groups excluding carboxylic acids is 1. The molecule has 1 aliphatic heterocycles. The molecule has 17 heavy (non-hydrogen) atoms. The minimum Gasteiger partial charge on any atom is -0.460 e. The third kappa shape index (κ3) is 3.54. The number of ether oxygens (including phenoxy) is 1. The van der Waals surface area contributed by atoms with Gasteiger partial charge < -0.3 is 9.64 Å². The molecule has 0 saturated carbocycles. The molecule has 1 aromatic rings. The molecule has 0 aliphatic carbocycles. The first kappa shape index (κ1) is 12.6. The van der Waals surface area contributed by atoms with E-state index >= 15 is 0 Å². The van der Waals surface area contributed by atoms with Gasteiger partial charge in [0.25, 0.3) is 0 Å². The molecule has 3 nitrogen and oxygen atoms in total. The highest BCUT2D eigenvalue weighted by molar-refractivity contribution is 7.10. The van der Waals surface area contributed by atoms with Gasteiger partial charge in [-0.25, -0.2) is 0 Å². The van der Waals surface area contributed by atoms with Crippen molar-refractivity contribution in [3.05, 3.63) is 22.4 Å². The standard InChI is InChI=1S/C13H19NO2S/c1-10-5-6-14(2)9-12(10)16-13(15)8-11-4-3-7-17-11/h3-4,7,10,12H,5-6,8-9H2,1-2H3/t10?,12-/m0/s1. The first-order valence-electron chi connectivity index (χ1n) is 6.05. The number of piperidine rings is 1. The summed E-state index contributed by atoms with van der Waals surface area (Å²) in [5, 5.41) is 1.99. The Labute approximate surface area is 106 Å². The highest BCUT2D eigenvalue weighted by atomic mass is 32.1. The van der Waals surface area contributed by atoms with Crippen LogP contribution in [-0.2, 0) is 16.0 Å². The second kappa shape index (κ2) is 5.65. The molecule has 0 bridgehead atoms. The van der Waals surface area contributed by atoms with Crippen LogP contribution in [0.2, 0.25) is 0 Å². The smallest absolute Gasteiger partial charge is 0.311 e. The van der Waals surface area contributed by atoms with Crippen molar-refractivity contribution in [3.63, 3.8) is 0 Å². The maximum atomic E-state index is 11.8. The maximum absolute atomic E-state index is 11.8. The highest BCUT2D eigenvalue weighted by Gasteiger charge is 2.27. The van der Waals surface area contributed by atoms with E-state index in [2.05, 4.69) is 18.9 Å². The number of carbonyl (C=O) groups is 1. The van der Waals surface area contributed by atoms with Crippen molar-refractivity contribution >= 4 is 17.3 Å². The topological polar surface area (TPSA) is 29.5 Å². The second-order valence-electron chi connectivity index (χ2n) is 4.81. The van der Waals surface area contributed by atoms with Gasteiger partial charge in [-0.15, -0.1) is 11.3 Å². The Morgan fingerprint density at radius 3 is 3.18 bits per heavy atom. The molecule has 4 heteroatoms. The minimum atomic E-state index is -0.0976. The van der Waals surface area contributed by atoms with E-state index in [9.17, 15) is 4.79 Å². The van der Waals surface area contributed by atoms with Crippen LogP contribution in [0.5, 0.6) is 0 Å². The van der Waals surface area contributed by atoms with E-state index in [0.29, 0.717) is 12.3 Å². The highest BCUT2D eigenvalue weighted by Crippen LogP contribution is 2.20. The lowest BCUT2D eigenvalue weighted by Crippen LogP contribution is -2.43. The molecular formula is C13H19NO2S. The number of thiophene rings is 1. The zero-order chi connectivity index (χ0) is 12.3. The van der Waals surface area contributed by atoms with Gasteiger partial charge in [-0.1, -0.05) is 13.0 Å². The zero-order valence-corrected chi connectivity index (χ0v) is 11.2. The minimum absolute atomic E-state index is 0.0567. The fourth-order valence-corrected chi connectivity index (χ4v) is 2.80. The van der Waals surface area contributed by atoms with Crippen LogP contribution < -0.4 is 0 Å². The lowest BCUT2D eigenvalue weighted by molar-refractivity contribution is -0.153. The van der Waals surface area contributed by atoms with Crippen molar-refractivity contribution in [2.75, 3.05) is 20.1 Å². The number of esters is 1. The van der Waals surface area contributed by atoms with Gasteiger partial charge in [-0.2, -0.15) is 0 Å². The molecule has 1 fully saturated rings. The molecule has 2 atom stereocenters. The van der Waals surface area contributed by atoms with Crippen molar-refractivity contribution in [1.29, 1.82) is 0 Å². The number of likely N-dealkylation sites (tertiary alicyclic amines) is 1. The van der Waals surface area contributed by atoms with E-state index in [4.69, 9.17) is 4.74 Å². The van der Waals surface area contributed by atoms with Gasteiger partial charge in [0.05, 0.1) is 6.42 Å². The molecule has 1 saturated heterocycles. The molecule has 0 aromatic carbocycles. The average Bonchev–Trinajstić information content (AvgIpc) is 2.76. The van der Waals surface area contributed by atoms with Crippen LogP contribution in [-0.4, -0.2) is 37.1 Å². The van der Waals surface area contributed by atoms with Crippen LogP contribution >= 0.6 is 11.3 Å². The fraction of sp³-hybridized carbons (Fsp3) is 0.615. The Balaban J connectivity index is 1.85.